The SMILES string of the molecule is Cc1ccc(C(=O)N[C@@H]2c3ccccc3[C@@H]3CN(CC4CC(F)(F)C4)C[C@H]23)o1. The van der Waals surface area contributed by atoms with E-state index in [2.05, 4.69) is 22.3 Å². The molecule has 3 atom stereocenters. The highest BCUT2D eigenvalue weighted by atomic mass is 19.3. The van der Waals surface area contributed by atoms with Gasteiger partial charge in [0, 0.05) is 44.3 Å². The second-order valence-electron chi connectivity index (χ2n) is 8.61. The lowest BCUT2D eigenvalue weighted by atomic mass is 9.81. The van der Waals surface area contributed by atoms with E-state index in [9.17, 15) is 13.6 Å². The van der Waals surface area contributed by atoms with Crippen LogP contribution in [0.1, 0.15) is 52.2 Å². The zero-order valence-electron chi connectivity index (χ0n) is 15.8. The average molecular weight is 386 g/mol. The number of likely N-dealkylation sites (tertiary alicyclic amines) is 1. The fourth-order valence-electron chi connectivity index (χ4n) is 5.32. The number of alkyl halides is 2. The Morgan fingerprint density at radius 2 is 1.93 bits per heavy atom. The summed E-state index contributed by atoms with van der Waals surface area (Å²) in [5.41, 5.74) is 2.44. The molecule has 1 amide bonds. The maximum atomic E-state index is 13.2. The summed E-state index contributed by atoms with van der Waals surface area (Å²) in [6.45, 7) is 4.23. The van der Waals surface area contributed by atoms with Crippen molar-refractivity contribution in [3.63, 3.8) is 0 Å². The number of halogens is 2. The maximum absolute atomic E-state index is 13.2. The number of carbonyl (C=O) groups excluding carboxylic acids is 1. The molecule has 1 N–H and O–H groups in total. The van der Waals surface area contributed by atoms with E-state index in [-0.39, 0.29) is 36.6 Å². The molecule has 2 fully saturated rings. The number of rotatable bonds is 4. The lowest BCUT2D eigenvalue weighted by molar-refractivity contribution is -0.115. The molecule has 2 heterocycles. The van der Waals surface area contributed by atoms with Gasteiger partial charge in [0.25, 0.3) is 5.91 Å². The van der Waals surface area contributed by atoms with E-state index in [0.717, 1.165) is 19.6 Å². The number of benzene rings is 1. The third-order valence-corrected chi connectivity index (χ3v) is 6.54. The summed E-state index contributed by atoms with van der Waals surface area (Å²) in [5, 5.41) is 3.17. The predicted molar refractivity (Wildman–Crippen MR) is 100 cm³/mol. The molecule has 4 nitrogen and oxygen atoms in total. The van der Waals surface area contributed by atoms with Crippen LogP contribution in [0.2, 0.25) is 0 Å². The highest BCUT2D eigenvalue weighted by Gasteiger charge is 2.50. The molecule has 2 aromatic rings. The molecule has 1 aromatic carbocycles. The zero-order chi connectivity index (χ0) is 19.5. The molecule has 1 saturated heterocycles. The predicted octanol–water partition coefficient (Wildman–Crippen LogP) is 4.13. The Labute approximate surface area is 162 Å². The van der Waals surface area contributed by atoms with Crippen molar-refractivity contribution < 1.29 is 18.0 Å². The lowest BCUT2D eigenvalue weighted by Gasteiger charge is -2.37. The number of furan rings is 1. The van der Waals surface area contributed by atoms with Crippen molar-refractivity contribution in [2.75, 3.05) is 19.6 Å². The number of amides is 1. The molecule has 1 aromatic heterocycles. The molecule has 0 bridgehead atoms. The Bertz CT molecular complexity index is 901. The van der Waals surface area contributed by atoms with Gasteiger partial charge in [-0.2, -0.15) is 0 Å². The van der Waals surface area contributed by atoms with E-state index in [4.69, 9.17) is 4.42 Å². The standard InChI is InChI=1S/C22H24F2N2O2/c1-13-6-7-19(28-13)21(27)25-20-16-5-3-2-4-15(16)17-11-26(12-18(17)20)10-14-8-22(23,24)9-14/h2-7,14,17-18,20H,8-12H2,1H3,(H,25,27)/t17-,18-,20+/m0/s1. The number of aryl methyl sites for hydroxylation is 1. The zero-order valence-corrected chi connectivity index (χ0v) is 15.8. The first-order valence-electron chi connectivity index (χ1n) is 9.96. The molecule has 1 saturated carbocycles. The van der Waals surface area contributed by atoms with Crippen LogP contribution < -0.4 is 5.32 Å². The van der Waals surface area contributed by atoms with Crippen LogP contribution in [0.3, 0.4) is 0 Å². The fourth-order valence-corrected chi connectivity index (χ4v) is 5.32. The summed E-state index contributed by atoms with van der Waals surface area (Å²) in [5.74, 6) is -0.957. The van der Waals surface area contributed by atoms with Crippen molar-refractivity contribution in [3.05, 3.63) is 59.0 Å². The van der Waals surface area contributed by atoms with Gasteiger partial charge in [0.2, 0.25) is 5.92 Å². The smallest absolute Gasteiger partial charge is 0.287 e. The van der Waals surface area contributed by atoms with E-state index >= 15 is 0 Å². The Balaban J connectivity index is 1.33. The van der Waals surface area contributed by atoms with Crippen molar-refractivity contribution >= 4 is 5.91 Å². The molecule has 28 heavy (non-hydrogen) atoms. The van der Waals surface area contributed by atoms with E-state index in [0.29, 0.717) is 17.4 Å². The summed E-state index contributed by atoms with van der Waals surface area (Å²) >= 11 is 0. The number of fused-ring (bicyclic) bond motifs is 3. The van der Waals surface area contributed by atoms with Crippen molar-refractivity contribution in [2.45, 2.75) is 37.6 Å². The molecule has 3 aliphatic rings. The van der Waals surface area contributed by atoms with Gasteiger partial charge in [-0.15, -0.1) is 0 Å². The van der Waals surface area contributed by atoms with Crippen molar-refractivity contribution in [1.29, 1.82) is 0 Å². The van der Waals surface area contributed by atoms with Crippen molar-refractivity contribution in [2.24, 2.45) is 11.8 Å². The number of nitrogens with zero attached hydrogens (tertiary/aromatic N) is 1. The van der Waals surface area contributed by atoms with Gasteiger partial charge < -0.3 is 14.6 Å². The summed E-state index contributed by atoms with van der Waals surface area (Å²) in [4.78, 5) is 15.0. The van der Waals surface area contributed by atoms with Gasteiger partial charge in [-0.1, -0.05) is 24.3 Å². The van der Waals surface area contributed by atoms with Crippen LogP contribution in [0.5, 0.6) is 0 Å². The van der Waals surface area contributed by atoms with Crippen LogP contribution in [0, 0.1) is 18.8 Å². The Kier molecular flexibility index (Phi) is 4.09. The van der Waals surface area contributed by atoms with E-state index in [1.165, 1.54) is 11.1 Å². The first-order chi connectivity index (χ1) is 13.4. The second kappa shape index (κ2) is 6.41. The van der Waals surface area contributed by atoms with Gasteiger partial charge >= 0.3 is 0 Å². The molecular formula is C22H24F2N2O2. The second-order valence-corrected chi connectivity index (χ2v) is 8.61. The fraction of sp³-hybridized carbons (Fsp3) is 0.500. The Morgan fingerprint density at radius 1 is 1.18 bits per heavy atom. The molecule has 148 valence electrons. The van der Waals surface area contributed by atoms with Crippen LogP contribution in [0.4, 0.5) is 8.78 Å². The highest BCUT2D eigenvalue weighted by Crippen LogP contribution is 2.50. The molecule has 0 spiro atoms. The summed E-state index contributed by atoms with van der Waals surface area (Å²) in [6, 6.07) is 11.7. The first kappa shape index (κ1) is 17.9. The van der Waals surface area contributed by atoms with Crippen LogP contribution >= 0.6 is 0 Å². The Morgan fingerprint density at radius 3 is 2.61 bits per heavy atom. The van der Waals surface area contributed by atoms with Gasteiger partial charge in [0.1, 0.15) is 5.76 Å². The molecule has 1 aliphatic heterocycles. The highest BCUT2D eigenvalue weighted by molar-refractivity contribution is 5.92. The van der Waals surface area contributed by atoms with Gasteiger partial charge in [0.05, 0.1) is 6.04 Å². The molecule has 0 unspecified atom stereocenters. The summed E-state index contributed by atoms with van der Waals surface area (Å²) in [7, 11) is 0. The summed E-state index contributed by atoms with van der Waals surface area (Å²) < 4.78 is 31.8. The summed E-state index contributed by atoms with van der Waals surface area (Å²) in [6.07, 6.45) is 0.0147. The monoisotopic (exact) mass is 386 g/mol. The van der Waals surface area contributed by atoms with Gasteiger partial charge in [0.15, 0.2) is 5.76 Å². The number of nitrogens with one attached hydrogen (secondary N) is 1. The minimum Gasteiger partial charge on any atom is -0.456 e. The Hall–Kier alpha value is -2.21. The van der Waals surface area contributed by atoms with Crippen LogP contribution in [-0.4, -0.2) is 36.4 Å². The van der Waals surface area contributed by atoms with Crippen LogP contribution in [-0.2, 0) is 0 Å². The lowest BCUT2D eigenvalue weighted by Crippen LogP contribution is -2.42. The van der Waals surface area contributed by atoms with Gasteiger partial charge in [-0.05, 0) is 36.1 Å². The normalized spacial score (nSPS) is 28.6. The minimum absolute atomic E-state index is 0.00737. The van der Waals surface area contributed by atoms with Crippen molar-refractivity contribution in [1.82, 2.24) is 10.2 Å². The van der Waals surface area contributed by atoms with E-state index in [1.807, 2.05) is 19.1 Å². The third-order valence-electron chi connectivity index (χ3n) is 6.54. The molecule has 2 aliphatic carbocycles. The number of hydrogen-bond acceptors (Lipinski definition) is 3. The number of hydrogen-bond donors (Lipinski definition) is 1. The van der Waals surface area contributed by atoms with Gasteiger partial charge in [-0.25, -0.2) is 8.78 Å². The minimum atomic E-state index is -2.47. The third kappa shape index (κ3) is 3.04. The average Bonchev–Trinajstić information content (AvgIpc) is 3.30. The largest absolute Gasteiger partial charge is 0.456 e. The topological polar surface area (TPSA) is 45.5 Å². The first-order valence-corrected chi connectivity index (χ1v) is 9.96. The molecular weight excluding hydrogens is 362 g/mol. The molecule has 6 heteroatoms. The molecule has 0 radical (unpaired) electrons. The van der Waals surface area contributed by atoms with Crippen LogP contribution in [0.15, 0.2) is 40.8 Å². The quantitative estimate of drug-likeness (QED) is 0.859. The number of carbonyl (C=O) groups is 1. The molecule has 5 rings (SSSR count). The van der Waals surface area contributed by atoms with E-state index in [1.54, 1.807) is 12.1 Å². The van der Waals surface area contributed by atoms with Gasteiger partial charge in [-0.3, -0.25) is 4.79 Å². The maximum Gasteiger partial charge on any atom is 0.287 e. The van der Waals surface area contributed by atoms with Crippen LogP contribution in [0.25, 0.3) is 0 Å². The van der Waals surface area contributed by atoms with Crippen molar-refractivity contribution in [3.8, 4) is 0 Å². The van der Waals surface area contributed by atoms with E-state index < -0.39 is 5.92 Å².